The normalized spacial score (nSPS) is 15.2. The van der Waals surface area contributed by atoms with E-state index in [-0.39, 0.29) is 0 Å². The highest BCUT2D eigenvalue weighted by Gasteiger charge is 2.20. The Morgan fingerprint density at radius 2 is 2.19 bits per heavy atom. The molecule has 0 amide bonds. The molecular weight excluding hydrogens is 268 g/mol. The molecule has 16 heavy (non-hydrogen) atoms. The van der Waals surface area contributed by atoms with Crippen LogP contribution in [-0.2, 0) is 0 Å². The number of rotatable bonds is 3. The Hall–Kier alpha value is -0.970. The van der Waals surface area contributed by atoms with Crippen LogP contribution in [0.5, 0.6) is 0 Å². The molecule has 2 aromatic rings. The smallest absolute Gasteiger partial charge is 0.182 e. The summed E-state index contributed by atoms with van der Waals surface area (Å²) in [5, 5.41) is 8.29. The van der Waals surface area contributed by atoms with Gasteiger partial charge in [-0.25, -0.2) is 0 Å². The van der Waals surface area contributed by atoms with Crippen LogP contribution in [0.1, 0.15) is 37.7 Å². The quantitative estimate of drug-likeness (QED) is 0.813. The van der Waals surface area contributed by atoms with Crippen LogP contribution in [0.25, 0.3) is 5.65 Å². The van der Waals surface area contributed by atoms with Gasteiger partial charge in [-0.1, -0.05) is 29.8 Å². The van der Waals surface area contributed by atoms with Gasteiger partial charge in [-0.3, -0.25) is 9.38 Å². The summed E-state index contributed by atoms with van der Waals surface area (Å²) in [5.41, 5.74) is 1.90. The van der Waals surface area contributed by atoms with E-state index < -0.39 is 0 Å². The fraction of sp³-hybridized carbons (Fsp3) is 0.545. The van der Waals surface area contributed by atoms with Crippen LogP contribution >= 0.6 is 15.9 Å². The second kappa shape index (κ2) is 4.49. The maximum absolute atomic E-state index is 4.46. The van der Waals surface area contributed by atoms with Crippen LogP contribution in [0, 0.1) is 6.92 Å². The molecule has 0 aromatic carbocycles. The van der Waals surface area contributed by atoms with Crippen molar-refractivity contribution in [2.24, 2.45) is 0 Å². The third kappa shape index (κ3) is 1.84. The first kappa shape index (κ1) is 11.5. The van der Waals surface area contributed by atoms with Gasteiger partial charge >= 0.3 is 0 Å². The van der Waals surface area contributed by atoms with Crippen LogP contribution in [0.4, 0.5) is 0 Å². The van der Waals surface area contributed by atoms with Gasteiger partial charge in [0.25, 0.3) is 0 Å². The SMILES string of the molecule is CCC(c1nccn2c(C)nnc12)C(C)Br. The summed E-state index contributed by atoms with van der Waals surface area (Å²) < 4.78 is 1.99. The van der Waals surface area contributed by atoms with Crippen molar-refractivity contribution in [3.63, 3.8) is 0 Å². The minimum Gasteiger partial charge on any atom is -0.284 e. The lowest BCUT2D eigenvalue weighted by molar-refractivity contribution is 0.643. The zero-order valence-corrected chi connectivity index (χ0v) is 11.3. The number of alkyl halides is 1. The molecule has 2 heterocycles. The molecule has 5 heteroatoms. The molecule has 0 fully saturated rings. The molecular formula is C11H15BrN4. The van der Waals surface area contributed by atoms with Crippen molar-refractivity contribution in [2.75, 3.05) is 0 Å². The summed E-state index contributed by atoms with van der Waals surface area (Å²) in [6.45, 7) is 6.25. The average molecular weight is 283 g/mol. The molecule has 2 atom stereocenters. The molecule has 4 nitrogen and oxygen atoms in total. The number of aromatic nitrogens is 4. The fourth-order valence-electron chi connectivity index (χ4n) is 1.96. The van der Waals surface area contributed by atoms with Crippen molar-refractivity contribution in [2.45, 2.75) is 37.9 Å². The van der Waals surface area contributed by atoms with Crippen LogP contribution in [0.3, 0.4) is 0 Å². The van der Waals surface area contributed by atoms with Gasteiger partial charge in [0.15, 0.2) is 5.65 Å². The van der Waals surface area contributed by atoms with Gasteiger partial charge in [0.05, 0.1) is 5.69 Å². The monoisotopic (exact) mass is 282 g/mol. The number of hydrogen-bond acceptors (Lipinski definition) is 3. The lowest BCUT2D eigenvalue weighted by Crippen LogP contribution is -2.11. The third-order valence-electron chi connectivity index (χ3n) is 2.87. The summed E-state index contributed by atoms with van der Waals surface area (Å²) in [6, 6.07) is 0. The van der Waals surface area contributed by atoms with Gasteiger partial charge in [-0.15, -0.1) is 10.2 Å². The highest BCUT2D eigenvalue weighted by atomic mass is 79.9. The third-order valence-corrected chi connectivity index (χ3v) is 3.51. The first-order valence-corrected chi connectivity index (χ1v) is 6.37. The zero-order chi connectivity index (χ0) is 11.7. The van der Waals surface area contributed by atoms with Crippen LogP contribution in [0.2, 0.25) is 0 Å². The first-order valence-electron chi connectivity index (χ1n) is 5.45. The molecule has 2 rings (SSSR count). The number of fused-ring (bicyclic) bond motifs is 1. The molecule has 0 radical (unpaired) electrons. The lowest BCUT2D eigenvalue weighted by atomic mass is 9.99. The molecule has 2 unspecified atom stereocenters. The molecule has 0 aliphatic carbocycles. The van der Waals surface area contributed by atoms with Crippen molar-refractivity contribution in [3.8, 4) is 0 Å². The zero-order valence-electron chi connectivity index (χ0n) is 9.68. The summed E-state index contributed by atoms with van der Waals surface area (Å²) in [4.78, 5) is 4.84. The fourth-order valence-corrected chi connectivity index (χ4v) is 2.58. The molecule has 2 aromatic heterocycles. The highest BCUT2D eigenvalue weighted by molar-refractivity contribution is 9.09. The van der Waals surface area contributed by atoms with Crippen molar-refractivity contribution in [1.82, 2.24) is 19.6 Å². The maximum atomic E-state index is 4.46. The molecule has 0 saturated carbocycles. The van der Waals surface area contributed by atoms with E-state index in [2.05, 4.69) is 45.0 Å². The van der Waals surface area contributed by atoms with Crippen LogP contribution < -0.4 is 0 Å². The molecule has 0 aliphatic heterocycles. The summed E-state index contributed by atoms with van der Waals surface area (Å²) in [5.74, 6) is 1.27. The Kier molecular flexibility index (Phi) is 3.23. The number of aryl methyl sites for hydroxylation is 1. The Morgan fingerprint density at radius 3 is 2.81 bits per heavy atom. The molecule has 0 saturated heterocycles. The second-order valence-corrected chi connectivity index (χ2v) is 5.39. The standard InChI is InChI=1S/C11H15BrN4/c1-4-9(7(2)12)10-11-15-14-8(3)16(11)6-5-13-10/h5-7,9H,4H2,1-3H3. The molecule has 0 aliphatic rings. The van der Waals surface area contributed by atoms with E-state index in [4.69, 9.17) is 0 Å². The molecule has 0 N–H and O–H groups in total. The van der Waals surface area contributed by atoms with Crippen LogP contribution in [-0.4, -0.2) is 24.4 Å². The molecule has 0 bridgehead atoms. The van der Waals surface area contributed by atoms with E-state index in [1.807, 2.05) is 23.7 Å². The minimum absolute atomic E-state index is 0.368. The first-order chi connectivity index (χ1) is 7.65. The topological polar surface area (TPSA) is 43.1 Å². The number of halogens is 1. The minimum atomic E-state index is 0.368. The summed E-state index contributed by atoms with van der Waals surface area (Å²) in [6.07, 6.45) is 4.75. The van der Waals surface area contributed by atoms with Gasteiger partial charge in [-0.2, -0.15) is 0 Å². The van der Waals surface area contributed by atoms with E-state index in [9.17, 15) is 0 Å². The van der Waals surface area contributed by atoms with Crippen molar-refractivity contribution < 1.29 is 0 Å². The highest BCUT2D eigenvalue weighted by Crippen LogP contribution is 2.28. The Balaban J connectivity index is 2.59. The Morgan fingerprint density at radius 1 is 1.44 bits per heavy atom. The predicted molar refractivity (Wildman–Crippen MR) is 66.9 cm³/mol. The summed E-state index contributed by atoms with van der Waals surface area (Å²) in [7, 11) is 0. The van der Waals surface area contributed by atoms with Gasteiger partial charge in [0.1, 0.15) is 5.82 Å². The van der Waals surface area contributed by atoms with E-state index in [0.717, 1.165) is 23.6 Å². The van der Waals surface area contributed by atoms with Crippen molar-refractivity contribution >= 4 is 21.6 Å². The lowest BCUT2D eigenvalue weighted by Gasteiger charge is -2.17. The van der Waals surface area contributed by atoms with Crippen LogP contribution in [0.15, 0.2) is 12.4 Å². The number of nitrogens with zero attached hydrogens (tertiary/aromatic N) is 4. The Bertz CT molecular complexity index is 492. The largest absolute Gasteiger partial charge is 0.284 e. The van der Waals surface area contributed by atoms with Gasteiger partial charge in [0.2, 0.25) is 0 Å². The van der Waals surface area contributed by atoms with E-state index in [1.165, 1.54) is 0 Å². The van der Waals surface area contributed by atoms with Gasteiger partial charge in [0, 0.05) is 23.1 Å². The van der Waals surface area contributed by atoms with Gasteiger partial charge < -0.3 is 0 Å². The van der Waals surface area contributed by atoms with E-state index in [1.54, 1.807) is 0 Å². The summed E-state index contributed by atoms with van der Waals surface area (Å²) >= 11 is 3.63. The molecule has 86 valence electrons. The van der Waals surface area contributed by atoms with E-state index >= 15 is 0 Å². The second-order valence-electron chi connectivity index (χ2n) is 3.95. The Labute approximate surface area is 103 Å². The average Bonchev–Trinajstić information content (AvgIpc) is 2.62. The van der Waals surface area contributed by atoms with Crippen molar-refractivity contribution in [1.29, 1.82) is 0 Å². The predicted octanol–water partition coefficient (Wildman–Crippen LogP) is 2.71. The molecule has 0 spiro atoms. The number of hydrogen-bond donors (Lipinski definition) is 0. The maximum Gasteiger partial charge on any atom is 0.182 e. The van der Waals surface area contributed by atoms with E-state index in [0.29, 0.717) is 10.7 Å². The van der Waals surface area contributed by atoms with Gasteiger partial charge in [-0.05, 0) is 13.3 Å². The van der Waals surface area contributed by atoms with Crippen molar-refractivity contribution in [3.05, 3.63) is 23.9 Å².